The zero-order chi connectivity index (χ0) is 14.2. The second-order valence-corrected chi connectivity index (χ2v) is 7.59. The van der Waals surface area contributed by atoms with E-state index in [0.29, 0.717) is 18.7 Å². The molecule has 1 spiro atoms. The highest BCUT2D eigenvalue weighted by atomic mass is 35.5. The predicted molar refractivity (Wildman–Crippen MR) is 81.7 cm³/mol. The van der Waals surface area contributed by atoms with Gasteiger partial charge in [0.05, 0.1) is 16.5 Å². The molecular formula is C14H18ClN3O2S. The molecule has 1 aromatic rings. The fourth-order valence-corrected chi connectivity index (χ4v) is 4.72. The number of sulfonamides is 1. The van der Waals surface area contributed by atoms with Crippen molar-refractivity contribution < 1.29 is 8.42 Å². The van der Waals surface area contributed by atoms with Crippen LogP contribution in [0.2, 0.25) is 0 Å². The SMILES string of the molecule is Cl.N#Cc1cccc(S(=O)(=O)N2CCC3(CCNC3)C2)c1. The topological polar surface area (TPSA) is 73.2 Å². The van der Waals surface area contributed by atoms with Crippen LogP contribution in [-0.2, 0) is 10.0 Å². The lowest BCUT2D eigenvalue weighted by atomic mass is 9.87. The van der Waals surface area contributed by atoms with E-state index in [1.165, 1.54) is 6.07 Å². The van der Waals surface area contributed by atoms with E-state index in [4.69, 9.17) is 5.26 Å². The largest absolute Gasteiger partial charge is 0.316 e. The molecule has 0 saturated carbocycles. The van der Waals surface area contributed by atoms with Gasteiger partial charge in [0.2, 0.25) is 10.0 Å². The lowest BCUT2D eigenvalue weighted by Gasteiger charge is -2.22. The molecule has 1 atom stereocenters. The molecule has 0 aliphatic carbocycles. The minimum absolute atomic E-state index is 0. The molecule has 0 aromatic heterocycles. The van der Waals surface area contributed by atoms with Crippen LogP contribution in [-0.4, -0.2) is 38.9 Å². The summed E-state index contributed by atoms with van der Waals surface area (Å²) in [6.07, 6.45) is 1.95. The van der Waals surface area contributed by atoms with Gasteiger partial charge in [-0.1, -0.05) is 6.07 Å². The summed E-state index contributed by atoms with van der Waals surface area (Å²) in [5.41, 5.74) is 0.488. The van der Waals surface area contributed by atoms with Gasteiger partial charge in [-0.05, 0) is 43.0 Å². The Morgan fingerprint density at radius 2 is 2.14 bits per heavy atom. The number of rotatable bonds is 2. The highest BCUT2D eigenvalue weighted by Crippen LogP contribution is 2.38. The number of halogens is 1. The van der Waals surface area contributed by atoms with E-state index in [-0.39, 0.29) is 22.7 Å². The van der Waals surface area contributed by atoms with E-state index in [9.17, 15) is 8.42 Å². The Hall–Kier alpha value is -1.13. The van der Waals surface area contributed by atoms with Gasteiger partial charge in [0.25, 0.3) is 0 Å². The number of nitriles is 1. The van der Waals surface area contributed by atoms with Gasteiger partial charge in [0, 0.05) is 19.6 Å². The van der Waals surface area contributed by atoms with Crippen molar-refractivity contribution in [2.75, 3.05) is 26.2 Å². The van der Waals surface area contributed by atoms with Gasteiger partial charge in [0.15, 0.2) is 0 Å². The number of hydrogen-bond donors (Lipinski definition) is 1. The third kappa shape index (κ3) is 2.92. The third-order valence-corrected chi connectivity index (χ3v) is 6.18. The Kier molecular flexibility index (Phi) is 4.59. The zero-order valence-corrected chi connectivity index (χ0v) is 13.2. The number of nitrogens with zero attached hydrogens (tertiary/aromatic N) is 2. The van der Waals surface area contributed by atoms with Crippen molar-refractivity contribution in [3.05, 3.63) is 29.8 Å². The van der Waals surface area contributed by atoms with Crippen LogP contribution in [0.25, 0.3) is 0 Å². The maximum atomic E-state index is 12.6. The van der Waals surface area contributed by atoms with Crippen molar-refractivity contribution in [2.45, 2.75) is 17.7 Å². The first kappa shape index (κ1) is 16.2. The zero-order valence-electron chi connectivity index (χ0n) is 11.6. The summed E-state index contributed by atoms with van der Waals surface area (Å²) in [5, 5.41) is 12.2. The Balaban J connectivity index is 0.00000161. The highest BCUT2D eigenvalue weighted by molar-refractivity contribution is 7.89. The minimum atomic E-state index is -3.48. The molecule has 3 rings (SSSR count). The molecule has 114 valence electrons. The average Bonchev–Trinajstić information content (AvgIpc) is 3.10. The van der Waals surface area contributed by atoms with E-state index in [1.807, 2.05) is 6.07 Å². The van der Waals surface area contributed by atoms with Gasteiger partial charge in [-0.3, -0.25) is 0 Å². The van der Waals surface area contributed by atoms with Gasteiger partial charge < -0.3 is 5.32 Å². The van der Waals surface area contributed by atoms with Crippen LogP contribution >= 0.6 is 12.4 Å². The quantitative estimate of drug-likeness (QED) is 0.890. The lowest BCUT2D eigenvalue weighted by molar-refractivity contribution is 0.338. The van der Waals surface area contributed by atoms with Crippen molar-refractivity contribution in [1.82, 2.24) is 9.62 Å². The highest BCUT2D eigenvalue weighted by Gasteiger charge is 2.44. The summed E-state index contributed by atoms with van der Waals surface area (Å²) in [6.45, 7) is 3.02. The monoisotopic (exact) mass is 327 g/mol. The molecule has 1 unspecified atom stereocenters. The first-order valence-corrected chi connectivity index (χ1v) is 8.21. The number of hydrogen-bond acceptors (Lipinski definition) is 4. The average molecular weight is 328 g/mol. The molecule has 1 aromatic carbocycles. The summed E-state index contributed by atoms with van der Waals surface area (Å²) in [7, 11) is -3.48. The summed E-state index contributed by atoms with van der Waals surface area (Å²) >= 11 is 0. The van der Waals surface area contributed by atoms with Gasteiger partial charge >= 0.3 is 0 Å². The minimum Gasteiger partial charge on any atom is -0.316 e. The molecule has 7 heteroatoms. The molecule has 2 heterocycles. The van der Waals surface area contributed by atoms with Gasteiger partial charge in [-0.2, -0.15) is 9.57 Å². The van der Waals surface area contributed by atoms with E-state index < -0.39 is 10.0 Å². The molecule has 0 bridgehead atoms. The maximum absolute atomic E-state index is 12.6. The molecule has 2 aliphatic rings. The first-order chi connectivity index (χ1) is 9.56. The molecule has 1 N–H and O–H groups in total. The van der Waals surface area contributed by atoms with Crippen LogP contribution in [0.3, 0.4) is 0 Å². The van der Waals surface area contributed by atoms with Gasteiger partial charge in [-0.25, -0.2) is 8.42 Å². The van der Waals surface area contributed by atoms with Crippen molar-refractivity contribution >= 4 is 22.4 Å². The molecule has 2 saturated heterocycles. The van der Waals surface area contributed by atoms with Crippen LogP contribution < -0.4 is 5.32 Å². The van der Waals surface area contributed by atoms with E-state index in [0.717, 1.165) is 25.9 Å². The van der Waals surface area contributed by atoms with Crippen molar-refractivity contribution in [1.29, 1.82) is 5.26 Å². The van der Waals surface area contributed by atoms with Crippen LogP contribution in [0.4, 0.5) is 0 Å². The third-order valence-electron chi connectivity index (χ3n) is 4.34. The normalized spacial score (nSPS) is 25.7. The lowest BCUT2D eigenvalue weighted by Crippen LogP contribution is -2.33. The standard InChI is InChI=1S/C14H17N3O2S.ClH/c15-9-12-2-1-3-13(8-12)20(18,19)17-7-5-14(11-17)4-6-16-10-14;/h1-3,8,16H,4-7,10-11H2;1H. The Labute approximate surface area is 131 Å². The first-order valence-electron chi connectivity index (χ1n) is 6.77. The summed E-state index contributed by atoms with van der Waals surface area (Å²) in [6, 6.07) is 8.24. The second-order valence-electron chi connectivity index (χ2n) is 5.66. The van der Waals surface area contributed by atoms with E-state index >= 15 is 0 Å². The predicted octanol–water partition coefficient (Wildman–Crippen LogP) is 1.35. The van der Waals surface area contributed by atoms with Gasteiger partial charge in [0.1, 0.15) is 0 Å². The smallest absolute Gasteiger partial charge is 0.243 e. The molecule has 2 fully saturated rings. The van der Waals surface area contributed by atoms with Crippen LogP contribution in [0.5, 0.6) is 0 Å². The Morgan fingerprint density at radius 1 is 1.33 bits per heavy atom. The van der Waals surface area contributed by atoms with Crippen molar-refractivity contribution in [3.8, 4) is 6.07 Å². The van der Waals surface area contributed by atoms with Gasteiger partial charge in [-0.15, -0.1) is 12.4 Å². The van der Waals surface area contributed by atoms with Crippen molar-refractivity contribution in [2.24, 2.45) is 5.41 Å². The number of benzene rings is 1. The Morgan fingerprint density at radius 3 is 2.81 bits per heavy atom. The number of nitrogens with one attached hydrogen (secondary N) is 1. The second kappa shape index (κ2) is 5.93. The van der Waals surface area contributed by atoms with Crippen molar-refractivity contribution in [3.63, 3.8) is 0 Å². The van der Waals surface area contributed by atoms with E-state index in [1.54, 1.807) is 22.5 Å². The fourth-order valence-electron chi connectivity index (χ4n) is 3.12. The summed E-state index contributed by atoms with van der Waals surface area (Å²) in [5.74, 6) is 0. The van der Waals surface area contributed by atoms with E-state index in [2.05, 4.69) is 5.32 Å². The molecule has 0 radical (unpaired) electrons. The fraction of sp³-hybridized carbons (Fsp3) is 0.500. The van der Waals surface area contributed by atoms with Crippen LogP contribution in [0, 0.1) is 16.7 Å². The molecule has 21 heavy (non-hydrogen) atoms. The maximum Gasteiger partial charge on any atom is 0.243 e. The van der Waals surface area contributed by atoms with Crippen LogP contribution in [0.1, 0.15) is 18.4 Å². The molecule has 5 nitrogen and oxygen atoms in total. The molecular weight excluding hydrogens is 310 g/mol. The summed E-state index contributed by atoms with van der Waals surface area (Å²) in [4.78, 5) is 0.222. The molecule has 2 aliphatic heterocycles. The summed E-state index contributed by atoms with van der Waals surface area (Å²) < 4.78 is 26.8. The molecule has 0 amide bonds. The Bertz CT molecular complexity index is 663. The van der Waals surface area contributed by atoms with Crippen LogP contribution in [0.15, 0.2) is 29.2 Å².